The molecule has 0 spiro atoms. The Morgan fingerprint density at radius 1 is 0.811 bits per heavy atom. The van der Waals surface area contributed by atoms with Crippen LogP contribution in [-0.2, 0) is 10.0 Å². The SMILES string of the molecule is Cc1ccnc(NS(=O)(=O)c2ccc(N=Nc3c(-c4ccccc4)nn(-c4ccccc4)c3C)cc2)n1. The molecule has 0 aliphatic rings. The van der Waals surface area contributed by atoms with Gasteiger partial charge in [-0.1, -0.05) is 48.5 Å². The smallest absolute Gasteiger partial charge is 0.247 e. The molecule has 0 fully saturated rings. The zero-order valence-electron chi connectivity index (χ0n) is 20.1. The monoisotopic (exact) mass is 509 g/mol. The van der Waals surface area contributed by atoms with E-state index in [9.17, 15) is 8.42 Å². The van der Waals surface area contributed by atoms with Crippen molar-refractivity contribution < 1.29 is 8.42 Å². The van der Waals surface area contributed by atoms with E-state index in [0.29, 0.717) is 22.8 Å². The zero-order chi connectivity index (χ0) is 25.8. The molecule has 0 bridgehead atoms. The maximum Gasteiger partial charge on any atom is 0.264 e. The van der Waals surface area contributed by atoms with Crippen LogP contribution < -0.4 is 4.72 Å². The summed E-state index contributed by atoms with van der Waals surface area (Å²) in [6.45, 7) is 3.70. The molecule has 9 nitrogen and oxygen atoms in total. The third-order valence-corrected chi connectivity index (χ3v) is 6.91. The molecule has 37 heavy (non-hydrogen) atoms. The van der Waals surface area contributed by atoms with Crippen LogP contribution in [0.2, 0.25) is 0 Å². The Kier molecular flexibility index (Phi) is 6.57. The number of aromatic nitrogens is 4. The number of rotatable bonds is 7. The van der Waals surface area contributed by atoms with Crippen LogP contribution in [0.5, 0.6) is 0 Å². The van der Waals surface area contributed by atoms with Gasteiger partial charge in [-0.05, 0) is 56.3 Å². The van der Waals surface area contributed by atoms with E-state index in [-0.39, 0.29) is 10.8 Å². The van der Waals surface area contributed by atoms with E-state index >= 15 is 0 Å². The van der Waals surface area contributed by atoms with E-state index in [0.717, 1.165) is 16.9 Å². The molecular weight excluding hydrogens is 486 g/mol. The van der Waals surface area contributed by atoms with Gasteiger partial charge in [0.2, 0.25) is 5.95 Å². The average molecular weight is 510 g/mol. The molecule has 2 aromatic heterocycles. The topological polar surface area (TPSA) is 114 Å². The van der Waals surface area contributed by atoms with E-state index in [4.69, 9.17) is 5.10 Å². The summed E-state index contributed by atoms with van der Waals surface area (Å²) >= 11 is 0. The normalized spacial score (nSPS) is 11.6. The van der Waals surface area contributed by atoms with Crippen molar-refractivity contribution in [2.75, 3.05) is 4.72 Å². The number of hydrogen-bond donors (Lipinski definition) is 1. The molecule has 0 unspecified atom stereocenters. The van der Waals surface area contributed by atoms with E-state index in [1.165, 1.54) is 18.3 Å². The van der Waals surface area contributed by atoms with Crippen molar-refractivity contribution >= 4 is 27.3 Å². The summed E-state index contributed by atoms with van der Waals surface area (Å²) in [5.41, 5.74) is 5.15. The predicted molar refractivity (Wildman–Crippen MR) is 142 cm³/mol. The lowest BCUT2D eigenvalue weighted by atomic mass is 10.1. The highest BCUT2D eigenvalue weighted by atomic mass is 32.2. The minimum absolute atomic E-state index is 0.0168. The second-order valence-electron chi connectivity index (χ2n) is 8.22. The number of nitrogens with zero attached hydrogens (tertiary/aromatic N) is 6. The third kappa shape index (κ3) is 5.29. The first-order chi connectivity index (χ1) is 17.9. The lowest BCUT2D eigenvalue weighted by molar-refractivity contribution is 0.601. The van der Waals surface area contributed by atoms with Crippen LogP contribution in [0.25, 0.3) is 16.9 Å². The first kappa shape index (κ1) is 24.0. The van der Waals surface area contributed by atoms with Gasteiger partial charge in [0.05, 0.1) is 22.0 Å². The Balaban J connectivity index is 1.45. The van der Waals surface area contributed by atoms with Crippen molar-refractivity contribution in [2.24, 2.45) is 10.2 Å². The fourth-order valence-corrected chi connectivity index (χ4v) is 4.65. The van der Waals surface area contributed by atoms with Gasteiger partial charge in [0.25, 0.3) is 10.0 Å². The summed E-state index contributed by atoms with van der Waals surface area (Å²) in [5.74, 6) is 0.0168. The van der Waals surface area contributed by atoms with Crippen molar-refractivity contribution in [1.29, 1.82) is 0 Å². The number of azo groups is 1. The van der Waals surface area contributed by atoms with Gasteiger partial charge in [-0.2, -0.15) is 10.2 Å². The number of benzene rings is 3. The maximum absolute atomic E-state index is 12.7. The van der Waals surface area contributed by atoms with E-state index in [2.05, 4.69) is 24.9 Å². The summed E-state index contributed by atoms with van der Waals surface area (Å²) in [6.07, 6.45) is 1.50. The van der Waals surface area contributed by atoms with Crippen LogP contribution >= 0.6 is 0 Å². The van der Waals surface area contributed by atoms with Crippen molar-refractivity contribution in [1.82, 2.24) is 19.7 Å². The second-order valence-corrected chi connectivity index (χ2v) is 9.90. The van der Waals surface area contributed by atoms with Crippen LogP contribution in [0.4, 0.5) is 17.3 Å². The number of nitrogens with one attached hydrogen (secondary N) is 1. The summed E-state index contributed by atoms with van der Waals surface area (Å²) < 4.78 is 29.7. The van der Waals surface area contributed by atoms with Crippen LogP contribution in [0.15, 0.2) is 112 Å². The summed E-state index contributed by atoms with van der Waals surface area (Å²) in [7, 11) is -3.85. The second kappa shape index (κ2) is 10.1. The van der Waals surface area contributed by atoms with Crippen molar-refractivity contribution in [3.05, 3.63) is 109 Å². The molecule has 5 aromatic rings. The highest BCUT2D eigenvalue weighted by Gasteiger charge is 2.18. The molecule has 184 valence electrons. The molecule has 0 atom stereocenters. The molecule has 10 heteroatoms. The van der Waals surface area contributed by atoms with Gasteiger partial charge in [-0.15, -0.1) is 5.11 Å². The fourth-order valence-electron chi connectivity index (χ4n) is 3.70. The quantitative estimate of drug-likeness (QED) is 0.264. The summed E-state index contributed by atoms with van der Waals surface area (Å²) in [6, 6.07) is 27.4. The first-order valence-electron chi connectivity index (χ1n) is 11.5. The molecule has 0 aliphatic heterocycles. The highest BCUT2D eigenvalue weighted by molar-refractivity contribution is 7.92. The zero-order valence-corrected chi connectivity index (χ0v) is 21.0. The fraction of sp³-hybridized carbons (Fsp3) is 0.0741. The first-order valence-corrected chi connectivity index (χ1v) is 12.9. The molecule has 1 N–H and O–H groups in total. The standard InChI is InChI=1S/C27H23N7O2S/c1-19-17-18-28-27(29-19)33-37(35,36)24-15-13-22(14-16-24)30-31-25-20(2)34(23-11-7-4-8-12-23)32-26(25)21-9-5-3-6-10-21/h3-18H,1-2H3,(H,28,29,33). The lowest BCUT2D eigenvalue weighted by Gasteiger charge is -2.07. The third-order valence-electron chi connectivity index (χ3n) is 5.57. The van der Waals surface area contributed by atoms with Crippen LogP contribution in [-0.4, -0.2) is 28.2 Å². The molecule has 3 aromatic carbocycles. The minimum atomic E-state index is -3.85. The van der Waals surface area contributed by atoms with Crippen LogP contribution in [0.3, 0.4) is 0 Å². The lowest BCUT2D eigenvalue weighted by Crippen LogP contribution is -2.15. The van der Waals surface area contributed by atoms with Crippen molar-refractivity contribution in [3.8, 4) is 16.9 Å². The molecule has 0 amide bonds. The Bertz CT molecular complexity index is 1670. The van der Waals surface area contributed by atoms with Gasteiger partial charge >= 0.3 is 0 Å². The highest BCUT2D eigenvalue weighted by Crippen LogP contribution is 2.35. The predicted octanol–water partition coefficient (Wildman–Crippen LogP) is 6.16. The molecule has 0 radical (unpaired) electrons. The Labute approximate surface area is 214 Å². The van der Waals surface area contributed by atoms with Gasteiger partial charge in [0.15, 0.2) is 0 Å². The molecule has 0 saturated heterocycles. The van der Waals surface area contributed by atoms with E-state index in [1.54, 1.807) is 25.1 Å². The van der Waals surface area contributed by atoms with Gasteiger partial charge in [0, 0.05) is 17.5 Å². The molecule has 2 heterocycles. The summed E-state index contributed by atoms with van der Waals surface area (Å²) in [5, 5.41) is 13.7. The largest absolute Gasteiger partial charge is 0.264 e. The summed E-state index contributed by atoms with van der Waals surface area (Å²) in [4.78, 5) is 8.10. The Hall–Kier alpha value is -4.70. The maximum atomic E-state index is 12.7. The molecule has 5 rings (SSSR count). The Morgan fingerprint density at radius 2 is 1.49 bits per heavy atom. The van der Waals surface area contributed by atoms with Gasteiger partial charge in [0.1, 0.15) is 11.4 Å². The van der Waals surface area contributed by atoms with Gasteiger partial charge in [-0.3, -0.25) is 0 Å². The Morgan fingerprint density at radius 3 is 2.16 bits per heavy atom. The van der Waals surface area contributed by atoms with E-state index in [1.807, 2.05) is 72.3 Å². The van der Waals surface area contributed by atoms with Crippen molar-refractivity contribution in [3.63, 3.8) is 0 Å². The number of sulfonamides is 1. The number of para-hydroxylation sites is 1. The van der Waals surface area contributed by atoms with Crippen LogP contribution in [0, 0.1) is 13.8 Å². The van der Waals surface area contributed by atoms with Crippen molar-refractivity contribution in [2.45, 2.75) is 18.7 Å². The molecular formula is C27H23N7O2S. The molecule has 0 saturated carbocycles. The molecule has 0 aliphatic carbocycles. The van der Waals surface area contributed by atoms with Gasteiger partial charge in [-0.25, -0.2) is 27.8 Å². The minimum Gasteiger partial charge on any atom is -0.247 e. The number of anilines is 1. The van der Waals surface area contributed by atoms with Gasteiger partial charge < -0.3 is 0 Å². The van der Waals surface area contributed by atoms with E-state index < -0.39 is 10.0 Å². The number of aryl methyl sites for hydroxylation is 1. The van der Waals surface area contributed by atoms with Crippen LogP contribution in [0.1, 0.15) is 11.4 Å². The average Bonchev–Trinajstić information content (AvgIpc) is 3.24. The number of hydrogen-bond acceptors (Lipinski definition) is 7.